The summed E-state index contributed by atoms with van der Waals surface area (Å²) in [6.45, 7) is 2.37. The van der Waals surface area contributed by atoms with E-state index in [9.17, 15) is 4.79 Å². The van der Waals surface area contributed by atoms with Crippen LogP contribution < -0.4 is 9.47 Å². The van der Waals surface area contributed by atoms with E-state index >= 15 is 0 Å². The largest absolute Gasteiger partial charge is 0.493 e. The third kappa shape index (κ3) is 5.01. The summed E-state index contributed by atoms with van der Waals surface area (Å²) in [5, 5.41) is 8.58. The molecule has 5 nitrogen and oxygen atoms in total. The minimum Gasteiger partial charge on any atom is -0.493 e. The number of hydrogen-bond acceptors (Lipinski definition) is 4. The molecule has 0 bridgehead atoms. The maximum absolute atomic E-state index is 10.5. The van der Waals surface area contributed by atoms with Gasteiger partial charge in [0.25, 0.3) is 0 Å². The van der Waals surface area contributed by atoms with Gasteiger partial charge in [0, 0.05) is 13.2 Å². The molecule has 0 amide bonds. The summed E-state index contributed by atoms with van der Waals surface area (Å²) in [5.74, 6) is 0.156. The normalized spacial score (nSPS) is 12.4. The van der Waals surface area contributed by atoms with Crippen molar-refractivity contribution < 1.29 is 24.1 Å². The molecular weight excluding hydrogens is 248 g/mol. The lowest BCUT2D eigenvalue weighted by molar-refractivity contribution is -0.131. The Balaban J connectivity index is 2.87. The topological polar surface area (TPSA) is 65.0 Å². The molecule has 1 aromatic rings. The fraction of sp³-hybridized carbons (Fsp3) is 0.357. The molecule has 0 heterocycles. The average Bonchev–Trinajstić information content (AvgIpc) is 2.37. The first-order valence-corrected chi connectivity index (χ1v) is 5.81. The highest BCUT2D eigenvalue weighted by Crippen LogP contribution is 2.29. The fourth-order valence-corrected chi connectivity index (χ4v) is 1.54. The van der Waals surface area contributed by atoms with Crippen molar-refractivity contribution in [3.63, 3.8) is 0 Å². The van der Waals surface area contributed by atoms with Gasteiger partial charge in [0.2, 0.25) is 0 Å². The van der Waals surface area contributed by atoms with Crippen LogP contribution in [0, 0.1) is 0 Å². The highest BCUT2D eigenvalue weighted by molar-refractivity contribution is 5.85. The van der Waals surface area contributed by atoms with Crippen molar-refractivity contribution in [3.8, 4) is 11.5 Å². The number of aliphatic carboxylic acids is 1. The minimum atomic E-state index is -0.993. The Labute approximate surface area is 112 Å². The molecule has 0 saturated carbocycles. The van der Waals surface area contributed by atoms with Gasteiger partial charge in [-0.15, -0.1) is 0 Å². The van der Waals surface area contributed by atoms with Crippen molar-refractivity contribution in [1.29, 1.82) is 0 Å². The Morgan fingerprint density at radius 2 is 2.11 bits per heavy atom. The van der Waals surface area contributed by atoms with E-state index in [1.54, 1.807) is 25.3 Å². The molecule has 1 unspecified atom stereocenters. The van der Waals surface area contributed by atoms with Crippen LogP contribution in [0.5, 0.6) is 11.5 Å². The van der Waals surface area contributed by atoms with Crippen LogP contribution >= 0.6 is 0 Å². The number of benzene rings is 1. The number of rotatable bonds is 7. The van der Waals surface area contributed by atoms with Crippen molar-refractivity contribution in [2.75, 3.05) is 20.8 Å². The fourth-order valence-electron chi connectivity index (χ4n) is 1.54. The molecule has 1 N–H and O–H groups in total. The third-order valence-electron chi connectivity index (χ3n) is 2.34. The van der Waals surface area contributed by atoms with Crippen LogP contribution in [-0.2, 0) is 9.53 Å². The molecule has 19 heavy (non-hydrogen) atoms. The Hall–Kier alpha value is -2.01. The monoisotopic (exact) mass is 266 g/mol. The summed E-state index contributed by atoms with van der Waals surface area (Å²) in [5.41, 5.74) is 0.728. The zero-order chi connectivity index (χ0) is 14.3. The smallest absolute Gasteiger partial charge is 0.328 e. The van der Waals surface area contributed by atoms with E-state index < -0.39 is 5.97 Å². The second kappa shape index (κ2) is 7.43. The highest BCUT2D eigenvalue weighted by atomic mass is 16.5. The summed E-state index contributed by atoms with van der Waals surface area (Å²) >= 11 is 0. The lowest BCUT2D eigenvalue weighted by Gasteiger charge is -2.16. The number of carboxylic acid groups (broad SMARTS) is 1. The first-order valence-electron chi connectivity index (χ1n) is 5.81. The molecule has 5 heteroatoms. The number of carboxylic acids is 1. The zero-order valence-corrected chi connectivity index (χ0v) is 11.3. The van der Waals surface area contributed by atoms with Gasteiger partial charge in [-0.25, -0.2) is 4.79 Å². The van der Waals surface area contributed by atoms with Crippen molar-refractivity contribution in [2.24, 2.45) is 0 Å². The second-order valence-electron chi connectivity index (χ2n) is 3.97. The first kappa shape index (κ1) is 15.0. The van der Waals surface area contributed by atoms with Crippen LogP contribution in [0.15, 0.2) is 24.3 Å². The standard InChI is InChI=1S/C14H18O5/c1-10(9-17-2)19-12-6-4-11(5-7-14(15)16)8-13(12)18-3/h4-8,10H,9H2,1-3H3,(H,15,16). The Bertz CT molecular complexity index is 453. The van der Waals surface area contributed by atoms with Gasteiger partial charge in [0.05, 0.1) is 13.7 Å². The molecule has 1 atom stereocenters. The van der Waals surface area contributed by atoms with E-state index in [-0.39, 0.29) is 6.10 Å². The number of ether oxygens (including phenoxy) is 3. The van der Waals surface area contributed by atoms with Crippen LogP contribution in [0.4, 0.5) is 0 Å². The van der Waals surface area contributed by atoms with Gasteiger partial charge in [-0.3, -0.25) is 0 Å². The summed E-state index contributed by atoms with van der Waals surface area (Å²) in [7, 11) is 3.14. The SMILES string of the molecule is COCC(C)Oc1ccc(C=CC(=O)O)cc1OC. The van der Waals surface area contributed by atoms with Crippen LogP contribution in [-0.4, -0.2) is 38.0 Å². The van der Waals surface area contributed by atoms with E-state index in [1.165, 1.54) is 13.2 Å². The van der Waals surface area contributed by atoms with Crippen LogP contribution in [0.3, 0.4) is 0 Å². The Kier molecular flexibility index (Phi) is 5.89. The van der Waals surface area contributed by atoms with E-state index in [0.717, 1.165) is 11.6 Å². The molecule has 0 aromatic heterocycles. The van der Waals surface area contributed by atoms with Gasteiger partial charge in [-0.2, -0.15) is 0 Å². The first-order chi connectivity index (χ1) is 9.06. The van der Waals surface area contributed by atoms with Crippen molar-refractivity contribution in [1.82, 2.24) is 0 Å². The van der Waals surface area contributed by atoms with Crippen LogP contribution in [0.2, 0.25) is 0 Å². The van der Waals surface area contributed by atoms with Gasteiger partial charge in [0.1, 0.15) is 6.10 Å². The molecule has 0 aliphatic heterocycles. The van der Waals surface area contributed by atoms with E-state index in [0.29, 0.717) is 18.1 Å². The molecular formula is C14H18O5. The van der Waals surface area contributed by atoms with Crippen LogP contribution in [0.25, 0.3) is 6.08 Å². The van der Waals surface area contributed by atoms with Gasteiger partial charge < -0.3 is 19.3 Å². The zero-order valence-electron chi connectivity index (χ0n) is 11.3. The summed E-state index contributed by atoms with van der Waals surface area (Å²) in [6, 6.07) is 5.22. The molecule has 0 saturated heterocycles. The molecule has 0 aliphatic carbocycles. The maximum Gasteiger partial charge on any atom is 0.328 e. The lowest BCUT2D eigenvalue weighted by atomic mass is 10.2. The van der Waals surface area contributed by atoms with Gasteiger partial charge in [0.15, 0.2) is 11.5 Å². The molecule has 0 radical (unpaired) electrons. The van der Waals surface area contributed by atoms with Gasteiger partial charge in [-0.1, -0.05) is 6.07 Å². The average molecular weight is 266 g/mol. The maximum atomic E-state index is 10.5. The number of hydrogen-bond donors (Lipinski definition) is 1. The lowest BCUT2D eigenvalue weighted by Crippen LogP contribution is -2.18. The molecule has 0 fully saturated rings. The Morgan fingerprint density at radius 1 is 1.37 bits per heavy atom. The highest BCUT2D eigenvalue weighted by Gasteiger charge is 2.09. The van der Waals surface area contributed by atoms with Gasteiger partial charge >= 0.3 is 5.97 Å². The molecule has 0 spiro atoms. The van der Waals surface area contributed by atoms with E-state index in [4.69, 9.17) is 19.3 Å². The summed E-state index contributed by atoms with van der Waals surface area (Å²) < 4.78 is 15.9. The quantitative estimate of drug-likeness (QED) is 0.766. The van der Waals surface area contributed by atoms with Crippen LogP contribution in [0.1, 0.15) is 12.5 Å². The summed E-state index contributed by atoms with van der Waals surface area (Å²) in [6.07, 6.45) is 2.47. The molecule has 104 valence electrons. The van der Waals surface area contributed by atoms with Crippen molar-refractivity contribution >= 4 is 12.0 Å². The Morgan fingerprint density at radius 3 is 2.68 bits per heavy atom. The molecule has 1 rings (SSSR count). The van der Waals surface area contributed by atoms with E-state index in [1.807, 2.05) is 6.92 Å². The number of carbonyl (C=O) groups is 1. The predicted molar refractivity (Wildman–Crippen MR) is 71.6 cm³/mol. The molecule has 1 aromatic carbocycles. The molecule has 0 aliphatic rings. The van der Waals surface area contributed by atoms with Crippen molar-refractivity contribution in [2.45, 2.75) is 13.0 Å². The predicted octanol–water partition coefficient (Wildman–Crippen LogP) is 2.21. The van der Waals surface area contributed by atoms with E-state index in [2.05, 4.69) is 0 Å². The minimum absolute atomic E-state index is 0.0979. The van der Waals surface area contributed by atoms with Crippen molar-refractivity contribution in [3.05, 3.63) is 29.8 Å². The number of methoxy groups -OCH3 is 2. The van der Waals surface area contributed by atoms with Gasteiger partial charge in [-0.05, 0) is 30.7 Å². The second-order valence-corrected chi connectivity index (χ2v) is 3.97. The summed E-state index contributed by atoms with van der Waals surface area (Å²) in [4.78, 5) is 10.5. The third-order valence-corrected chi connectivity index (χ3v) is 2.34.